The van der Waals surface area contributed by atoms with E-state index in [1.54, 1.807) is 31.4 Å². The number of imide groups is 1. The van der Waals surface area contributed by atoms with Crippen molar-refractivity contribution in [1.29, 1.82) is 0 Å². The normalized spacial score (nSPS) is 33.4. The molecule has 1 aromatic carbocycles. The van der Waals surface area contributed by atoms with Crippen molar-refractivity contribution in [1.82, 2.24) is 4.90 Å². The molecule has 1 spiro atoms. The van der Waals surface area contributed by atoms with Crippen LogP contribution < -0.4 is 9.64 Å². The number of fused-ring (bicyclic) bond motifs is 2. The zero-order valence-electron chi connectivity index (χ0n) is 12.4. The number of hydrogen-bond donors (Lipinski definition) is 0. The summed E-state index contributed by atoms with van der Waals surface area (Å²) in [5, 5.41) is 0. The number of methoxy groups -OCH3 is 1. The molecule has 4 fully saturated rings. The number of piperidine rings is 3. The Labute approximate surface area is 128 Å². The number of hydrogen-bond acceptors (Lipinski definition) is 5. The van der Waals surface area contributed by atoms with E-state index in [0.29, 0.717) is 18.0 Å². The number of carbonyl (C=O) groups excluding carboxylic acids is 2. The van der Waals surface area contributed by atoms with Gasteiger partial charge in [0.1, 0.15) is 5.75 Å². The Morgan fingerprint density at radius 1 is 1.27 bits per heavy atom. The van der Waals surface area contributed by atoms with E-state index in [1.165, 1.54) is 0 Å². The summed E-state index contributed by atoms with van der Waals surface area (Å²) in [6.45, 7) is 2.48. The first kappa shape index (κ1) is 13.6. The van der Waals surface area contributed by atoms with Crippen molar-refractivity contribution in [3.05, 3.63) is 24.3 Å². The highest BCUT2D eigenvalue weighted by Gasteiger charge is 2.62. The third-order valence-electron chi connectivity index (χ3n) is 5.03. The highest BCUT2D eigenvalue weighted by molar-refractivity contribution is 6.20. The molecule has 1 atom stereocenters. The second kappa shape index (κ2) is 4.71. The maximum Gasteiger partial charge on any atom is 0.422 e. The first-order valence-electron chi connectivity index (χ1n) is 7.58. The van der Waals surface area contributed by atoms with Gasteiger partial charge in [0.15, 0.2) is 0 Å². The van der Waals surface area contributed by atoms with Crippen molar-refractivity contribution in [2.45, 2.75) is 18.4 Å². The number of carbonyl (C=O) groups is 2. The summed E-state index contributed by atoms with van der Waals surface area (Å²) in [7, 11) is 1.55. The van der Waals surface area contributed by atoms with E-state index in [9.17, 15) is 9.59 Å². The SMILES string of the molecule is COc1cccc(N2C(=O)OC3(CN4CCC3CC4)C2=O)c1. The van der Waals surface area contributed by atoms with Crippen LogP contribution in [0.15, 0.2) is 24.3 Å². The maximum absolute atomic E-state index is 13.0. The van der Waals surface area contributed by atoms with Crippen LogP contribution in [0.25, 0.3) is 0 Å². The smallest absolute Gasteiger partial charge is 0.422 e. The van der Waals surface area contributed by atoms with Gasteiger partial charge in [-0.05, 0) is 38.1 Å². The minimum Gasteiger partial charge on any atom is -0.497 e. The van der Waals surface area contributed by atoms with Gasteiger partial charge in [-0.3, -0.25) is 9.69 Å². The molecule has 6 nitrogen and oxygen atoms in total. The summed E-state index contributed by atoms with van der Waals surface area (Å²) in [4.78, 5) is 28.7. The van der Waals surface area contributed by atoms with E-state index < -0.39 is 11.7 Å². The van der Waals surface area contributed by atoms with E-state index in [1.807, 2.05) is 0 Å². The highest BCUT2D eigenvalue weighted by Crippen LogP contribution is 2.44. The van der Waals surface area contributed by atoms with Gasteiger partial charge in [0.05, 0.1) is 12.8 Å². The Balaban J connectivity index is 1.70. The Morgan fingerprint density at radius 2 is 2.05 bits per heavy atom. The lowest BCUT2D eigenvalue weighted by Gasteiger charge is -2.48. The molecular formula is C16H18N2O4. The predicted molar refractivity (Wildman–Crippen MR) is 78.9 cm³/mol. The third-order valence-corrected chi connectivity index (χ3v) is 5.03. The molecule has 0 saturated carbocycles. The van der Waals surface area contributed by atoms with Crippen LogP contribution in [0.5, 0.6) is 5.75 Å². The molecule has 6 heteroatoms. The molecule has 1 aromatic rings. The van der Waals surface area contributed by atoms with Crippen LogP contribution in [0.2, 0.25) is 0 Å². The van der Waals surface area contributed by atoms with Crippen LogP contribution in [0.3, 0.4) is 0 Å². The molecule has 0 radical (unpaired) electrons. The van der Waals surface area contributed by atoms with Crippen molar-refractivity contribution < 1.29 is 19.1 Å². The Morgan fingerprint density at radius 3 is 2.68 bits per heavy atom. The second-order valence-corrected chi connectivity index (χ2v) is 6.15. The molecular weight excluding hydrogens is 284 g/mol. The quantitative estimate of drug-likeness (QED) is 0.831. The van der Waals surface area contributed by atoms with E-state index in [-0.39, 0.29) is 11.8 Å². The molecule has 2 bridgehead atoms. The zero-order valence-corrected chi connectivity index (χ0v) is 12.4. The Kier molecular flexibility index (Phi) is 2.91. The molecule has 4 saturated heterocycles. The van der Waals surface area contributed by atoms with Crippen molar-refractivity contribution in [2.75, 3.05) is 31.6 Å². The fourth-order valence-electron chi connectivity index (χ4n) is 3.87. The standard InChI is InChI=1S/C16H18N2O4/c1-21-13-4-2-3-12(9-13)18-14(19)16(22-15(18)20)10-17-7-5-11(16)6-8-17/h2-4,9,11H,5-8,10H2,1H3. The summed E-state index contributed by atoms with van der Waals surface area (Å²) in [6, 6.07) is 6.94. The van der Waals surface area contributed by atoms with Crippen LogP contribution in [-0.2, 0) is 9.53 Å². The summed E-state index contributed by atoms with van der Waals surface area (Å²) in [6.07, 6.45) is 1.24. The van der Waals surface area contributed by atoms with E-state index in [4.69, 9.17) is 9.47 Å². The van der Waals surface area contributed by atoms with E-state index >= 15 is 0 Å². The predicted octanol–water partition coefficient (Wildman–Crippen LogP) is 1.64. The topological polar surface area (TPSA) is 59.1 Å². The summed E-state index contributed by atoms with van der Waals surface area (Å²) in [5.74, 6) is 0.498. The minimum absolute atomic E-state index is 0.129. The number of nitrogens with zero attached hydrogens (tertiary/aromatic N) is 2. The lowest BCUT2D eigenvalue weighted by Crippen LogP contribution is -2.63. The summed E-state index contributed by atoms with van der Waals surface area (Å²) < 4.78 is 10.8. The van der Waals surface area contributed by atoms with Gasteiger partial charge in [-0.25, -0.2) is 9.69 Å². The lowest BCUT2D eigenvalue weighted by molar-refractivity contribution is -0.148. The minimum atomic E-state index is -0.989. The molecule has 0 N–H and O–H groups in total. The van der Waals surface area contributed by atoms with Gasteiger partial charge < -0.3 is 9.47 Å². The molecule has 116 valence electrons. The molecule has 0 aromatic heterocycles. The number of anilines is 1. The monoisotopic (exact) mass is 302 g/mol. The molecule has 4 aliphatic heterocycles. The first-order valence-corrected chi connectivity index (χ1v) is 7.58. The van der Waals surface area contributed by atoms with Crippen LogP contribution >= 0.6 is 0 Å². The Bertz CT molecular complexity index is 639. The van der Waals surface area contributed by atoms with Crippen molar-refractivity contribution in [2.24, 2.45) is 5.92 Å². The maximum atomic E-state index is 13.0. The van der Waals surface area contributed by atoms with Gasteiger partial charge in [-0.2, -0.15) is 0 Å². The molecule has 4 heterocycles. The number of ether oxygens (including phenoxy) is 2. The highest BCUT2D eigenvalue weighted by atomic mass is 16.6. The zero-order chi connectivity index (χ0) is 15.3. The molecule has 2 amide bonds. The molecule has 22 heavy (non-hydrogen) atoms. The van der Waals surface area contributed by atoms with Gasteiger partial charge in [-0.1, -0.05) is 6.07 Å². The van der Waals surface area contributed by atoms with Crippen LogP contribution in [0.1, 0.15) is 12.8 Å². The molecule has 0 aliphatic carbocycles. The fourth-order valence-corrected chi connectivity index (χ4v) is 3.87. The molecule has 5 rings (SSSR count). The van der Waals surface area contributed by atoms with Crippen LogP contribution in [0, 0.1) is 5.92 Å². The van der Waals surface area contributed by atoms with Gasteiger partial charge in [0.25, 0.3) is 5.91 Å². The average Bonchev–Trinajstić information content (AvgIpc) is 2.79. The third kappa shape index (κ3) is 1.76. The van der Waals surface area contributed by atoms with Crippen LogP contribution in [-0.4, -0.2) is 49.2 Å². The van der Waals surface area contributed by atoms with Gasteiger partial charge in [-0.15, -0.1) is 0 Å². The largest absolute Gasteiger partial charge is 0.497 e. The number of amides is 2. The fraction of sp³-hybridized carbons (Fsp3) is 0.500. The average molecular weight is 302 g/mol. The summed E-state index contributed by atoms with van der Waals surface area (Å²) in [5.41, 5.74) is -0.487. The number of rotatable bonds is 2. The summed E-state index contributed by atoms with van der Waals surface area (Å²) >= 11 is 0. The van der Waals surface area contributed by atoms with Gasteiger partial charge >= 0.3 is 6.09 Å². The van der Waals surface area contributed by atoms with Crippen LogP contribution in [0.4, 0.5) is 10.5 Å². The number of benzene rings is 1. The van der Waals surface area contributed by atoms with Gasteiger partial charge in [0.2, 0.25) is 5.60 Å². The van der Waals surface area contributed by atoms with Gasteiger partial charge in [0, 0.05) is 18.5 Å². The van der Waals surface area contributed by atoms with Crippen molar-refractivity contribution in [3.63, 3.8) is 0 Å². The Hall–Kier alpha value is -2.08. The second-order valence-electron chi connectivity index (χ2n) is 6.15. The van der Waals surface area contributed by atoms with Crippen molar-refractivity contribution in [3.8, 4) is 5.75 Å². The first-order chi connectivity index (χ1) is 10.6. The van der Waals surface area contributed by atoms with E-state index in [0.717, 1.165) is 30.8 Å². The molecule has 4 aliphatic rings. The van der Waals surface area contributed by atoms with E-state index in [2.05, 4.69) is 4.90 Å². The lowest BCUT2D eigenvalue weighted by atomic mass is 9.75. The molecule has 1 unspecified atom stereocenters. The van der Waals surface area contributed by atoms with Crippen molar-refractivity contribution >= 4 is 17.7 Å².